The zero-order chi connectivity index (χ0) is 12.0. The van der Waals surface area contributed by atoms with Crippen molar-refractivity contribution in [2.45, 2.75) is 43.6 Å². The van der Waals surface area contributed by atoms with Crippen molar-refractivity contribution in [1.29, 1.82) is 0 Å². The van der Waals surface area contributed by atoms with Crippen LogP contribution < -0.4 is 5.73 Å². The second-order valence-electron chi connectivity index (χ2n) is 5.66. The number of thioether (sulfide) groups is 1. The van der Waals surface area contributed by atoms with E-state index in [0.29, 0.717) is 12.6 Å². The molecular formula is C11H20N2O2S. The van der Waals surface area contributed by atoms with Gasteiger partial charge >= 0.3 is 6.09 Å². The van der Waals surface area contributed by atoms with Crippen molar-refractivity contribution >= 4 is 17.9 Å². The number of carbonyl (C=O) groups excluding carboxylic acids is 1. The molecule has 0 aromatic carbocycles. The van der Waals surface area contributed by atoms with Gasteiger partial charge in [0.05, 0.1) is 0 Å². The first-order valence-electron chi connectivity index (χ1n) is 5.69. The second-order valence-corrected chi connectivity index (χ2v) is 7.15. The standard InChI is InChI=1S/C11H20N2O2S/c1-10(2,3)15-9(14)13-7-11(6-12)4-8(13)5-16-11/h8H,4-7,12H2,1-3H3. The van der Waals surface area contributed by atoms with Crippen LogP contribution in [-0.2, 0) is 4.74 Å². The van der Waals surface area contributed by atoms with Crippen molar-refractivity contribution < 1.29 is 9.53 Å². The Morgan fingerprint density at radius 2 is 2.31 bits per heavy atom. The van der Waals surface area contributed by atoms with Crippen LogP contribution in [0.25, 0.3) is 0 Å². The fourth-order valence-corrected chi connectivity index (χ4v) is 3.81. The average molecular weight is 244 g/mol. The normalized spacial score (nSPS) is 33.2. The molecule has 0 aromatic rings. The zero-order valence-corrected chi connectivity index (χ0v) is 11.0. The lowest BCUT2D eigenvalue weighted by Gasteiger charge is -2.32. The van der Waals surface area contributed by atoms with Gasteiger partial charge in [-0.05, 0) is 27.2 Å². The lowest BCUT2D eigenvalue weighted by Crippen LogP contribution is -2.46. The van der Waals surface area contributed by atoms with Gasteiger partial charge in [-0.2, -0.15) is 0 Å². The van der Waals surface area contributed by atoms with E-state index in [0.717, 1.165) is 18.7 Å². The summed E-state index contributed by atoms with van der Waals surface area (Å²) in [6, 6.07) is 0.323. The number of nitrogens with two attached hydrogens (primary N) is 1. The second kappa shape index (κ2) is 3.81. The Bertz CT molecular complexity index is 303. The third kappa shape index (κ3) is 2.15. The molecule has 2 heterocycles. The zero-order valence-electron chi connectivity index (χ0n) is 10.2. The Morgan fingerprint density at radius 3 is 2.81 bits per heavy atom. The Kier molecular flexibility index (Phi) is 2.87. The SMILES string of the molecule is CC(C)(C)OC(=O)N1CC2(CN)CC1CS2. The first kappa shape index (κ1) is 12.0. The highest BCUT2D eigenvalue weighted by Gasteiger charge is 2.51. The largest absolute Gasteiger partial charge is 0.444 e. The van der Waals surface area contributed by atoms with Gasteiger partial charge in [0.15, 0.2) is 0 Å². The molecule has 0 radical (unpaired) electrons. The van der Waals surface area contributed by atoms with E-state index < -0.39 is 5.60 Å². The Balaban J connectivity index is 2.01. The monoisotopic (exact) mass is 244 g/mol. The number of carbonyl (C=O) groups is 1. The predicted molar refractivity (Wildman–Crippen MR) is 65.6 cm³/mol. The van der Waals surface area contributed by atoms with Crippen LogP contribution in [0.4, 0.5) is 4.79 Å². The van der Waals surface area contributed by atoms with Gasteiger partial charge in [0.25, 0.3) is 0 Å². The van der Waals surface area contributed by atoms with Gasteiger partial charge in [-0.1, -0.05) is 0 Å². The molecule has 2 aliphatic heterocycles. The molecule has 0 aromatic heterocycles. The lowest BCUT2D eigenvalue weighted by atomic mass is 10.1. The molecule has 92 valence electrons. The van der Waals surface area contributed by atoms with Gasteiger partial charge in [-0.15, -0.1) is 11.8 Å². The van der Waals surface area contributed by atoms with Gasteiger partial charge in [0.2, 0.25) is 0 Å². The quantitative estimate of drug-likeness (QED) is 0.758. The van der Waals surface area contributed by atoms with Crippen LogP contribution in [0.2, 0.25) is 0 Å². The highest BCUT2D eigenvalue weighted by molar-refractivity contribution is 8.01. The van der Waals surface area contributed by atoms with E-state index in [4.69, 9.17) is 10.5 Å². The number of rotatable bonds is 1. The summed E-state index contributed by atoms with van der Waals surface area (Å²) < 4.78 is 5.50. The molecule has 2 fully saturated rings. The summed E-state index contributed by atoms with van der Waals surface area (Å²) in [5.74, 6) is 0.996. The number of ether oxygens (including phenoxy) is 1. The summed E-state index contributed by atoms with van der Waals surface area (Å²) in [5.41, 5.74) is 5.38. The van der Waals surface area contributed by atoms with Crippen LogP contribution in [0, 0.1) is 0 Å². The Labute approximate surface area is 101 Å². The molecule has 16 heavy (non-hydrogen) atoms. The van der Waals surface area contributed by atoms with E-state index >= 15 is 0 Å². The van der Waals surface area contributed by atoms with Gasteiger partial charge in [0, 0.05) is 29.6 Å². The predicted octanol–water partition coefficient (Wildman–Crippen LogP) is 1.44. The van der Waals surface area contributed by atoms with E-state index in [1.54, 1.807) is 0 Å². The third-order valence-electron chi connectivity index (χ3n) is 3.09. The molecule has 2 rings (SSSR count). The number of nitrogens with zero attached hydrogens (tertiary/aromatic N) is 1. The first-order chi connectivity index (χ1) is 7.35. The van der Waals surface area contributed by atoms with E-state index in [2.05, 4.69) is 0 Å². The minimum Gasteiger partial charge on any atom is -0.444 e. The van der Waals surface area contributed by atoms with Crippen molar-refractivity contribution in [2.24, 2.45) is 5.73 Å². The van der Waals surface area contributed by atoms with Crippen molar-refractivity contribution in [1.82, 2.24) is 4.90 Å². The highest BCUT2D eigenvalue weighted by atomic mass is 32.2. The van der Waals surface area contributed by atoms with Gasteiger partial charge in [-0.25, -0.2) is 4.79 Å². The highest BCUT2D eigenvalue weighted by Crippen LogP contribution is 2.46. The summed E-state index contributed by atoms with van der Waals surface area (Å²) in [4.78, 5) is 13.8. The summed E-state index contributed by atoms with van der Waals surface area (Å²) in [6.07, 6.45) is 0.834. The van der Waals surface area contributed by atoms with Gasteiger partial charge in [-0.3, -0.25) is 0 Å². The fraction of sp³-hybridized carbons (Fsp3) is 0.909. The number of hydrogen-bond donors (Lipinski definition) is 1. The Morgan fingerprint density at radius 1 is 1.62 bits per heavy atom. The lowest BCUT2D eigenvalue weighted by molar-refractivity contribution is 0.0234. The molecule has 2 aliphatic rings. The summed E-state index contributed by atoms with van der Waals surface area (Å²) >= 11 is 1.90. The number of likely N-dealkylation sites (tertiary alicyclic amines) is 1. The van der Waals surface area contributed by atoms with Crippen LogP contribution in [0.1, 0.15) is 27.2 Å². The smallest absolute Gasteiger partial charge is 0.410 e. The fourth-order valence-electron chi connectivity index (χ4n) is 2.31. The van der Waals surface area contributed by atoms with Gasteiger partial charge in [0.1, 0.15) is 5.60 Å². The minimum atomic E-state index is -0.415. The number of amides is 1. The molecule has 2 unspecified atom stereocenters. The van der Waals surface area contributed by atoms with E-state index in [1.165, 1.54) is 0 Å². The third-order valence-corrected chi connectivity index (χ3v) is 4.72. The molecule has 0 aliphatic carbocycles. The van der Waals surface area contributed by atoms with E-state index in [9.17, 15) is 4.79 Å². The molecule has 5 heteroatoms. The van der Waals surface area contributed by atoms with Crippen LogP contribution in [0.15, 0.2) is 0 Å². The number of fused-ring (bicyclic) bond motifs is 2. The van der Waals surface area contributed by atoms with Crippen LogP contribution in [-0.4, -0.2) is 46.2 Å². The van der Waals surface area contributed by atoms with Crippen molar-refractivity contribution in [3.05, 3.63) is 0 Å². The summed E-state index contributed by atoms with van der Waals surface area (Å²) in [5, 5.41) is 0. The van der Waals surface area contributed by atoms with Crippen molar-refractivity contribution in [3.63, 3.8) is 0 Å². The van der Waals surface area contributed by atoms with Crippen LogP contribution >= 0.6 is 11.8 Å². The molecule has 2 N–H and O–H groups in total. The van der Waals surface area contributed by atoms with Gasteiger partial charge < -0.3 is 15.4 Å². The molecule has 0 saturated carbocycles. The molecule has 2 saturated heterocycles. The minimum absolute atomic E-state index is 0.0988. The average Bonchev–Trinajstić information content (AvgIpc) is 2.72. The van der Waals surface area contributed by atoms with Crippen molar-refractivity contribution in [3.8, 4) is 0 Å². The first-order valence-corrected chi connectivity index (χ1v) is 6.67. The molecule has 2 bridgehead atoms. The molecule has 2 atom stereocenters. The maximum Gasteiger partial charge on any atom is 0.410 e. The molecule has 0 spiro atoms. The van der Waals surface area contributed by atoms with Crippen LogP contribution in [0.5, 0.6) is 0 Å². The Hall–Kier alpha value is -0.420. The molecular weight excluding hydrogens is 224 g/mol. The topological polar surface area (TPSA) is 55.6 Å². The molecule has 1 amide bonds. The number of hydrogen-bond acceptors (Lipinski definition) is 4. The summed E-state index contributed by atoms with van der Waals surface area (Å²) in [6.45, 7) is 7.08. The maximum absolute atomic E-state index is 12.0. The summed E-state index contributed by atoms with van der Waals surface area (Å²) in [7, 11) is 0. The van der Waals surface area contributed by atoms with E-state index in [1.807, 2.05) is 37.4 Å². The molecule has 4 nitrogen and oxygen atoms in total. The van der Waals surface area contributed by atoms with Crippen LogP contribution in [0.3, 0.4) is 0 Å². The van der Waals surface area contributed by atoms with E-state index in [-0.39, 0.29) is 10.8 Å². The van der Waals surface area contributed by atoms with Crippen molar-refractivity contribution in [2.75, 3.05) is 18.8 Å². The maximum atomic E-state index is 12.0.